The van der Waals surface area contributed by atoms with E-state index in [0.717, 1.165) is 28.5 Å². The minimum Gasteiger partial charge on any atom is -0.384 e. The van der Waals surface area contributed by atoms with E-state index in [0.29, 0.717) is 0 Å². The Balaban J connectivity index is 2.15. The molecular formula is C13H16N4S. The molecule has 5 heteroatoms. The Morgan fingerprint density at radius 3 is 2.89 bits per heavy atom. The highest BCUT2D eigenvalue weighted by Gasteiger charge is 2.06. The quantitative estimate of drug-likeness (QED) is 0.655. The van der Waals surface area contributed by atoms with Crippen LogP contribution in [0.5, 0.6) is 0 Å². The number of anilines is 1. The van der Waals surface area contributed by atoms with E-state index in [2.05, 4.69) is 15.3 Å². The molecule has 1 aromatic heterocycles. The van der Waals surface area contributed by atoms with Gasteiger partial charge >= 0.3 is 0 Å². The average Bonchev–Trinajstić information content (AvgIpc) is 2.75. The summed E-state index contributed by atoms with van der Waals surface area (Å²) in [6.45, 7) is 2.76. The summed E-state index contributed by atoms with van der Waals surface area (Å²) in [6, 6.07) is 7.68. The Hall–Kier alpha value is -1.88. The number of hydrogen-bond acceptors (Lipinski definition) is 4. The molecule has 0 fully saturated rings. The molecule has 4 nitrogen and oxygen atoms in total. The third-order valence-electron chi connectivity index (χ3n) is 2.64. The van der Waals surface area contributed by atoms with E-state index in [9.17, 15) is 0 Å². The van der Waals surface area contributed by atoms with Crippen LogP contribution in [0.4, 0.5) is 5.69 Å². The molecule has 0 unspecified atom stereocenters. The van der Waals surface area contributed by atoms with E-state index < -0.39 is 0 Å². The van der Waals surface area contributed by atoms with Crippen LogP contribution in [0.25, 0.3) is 0 Å². The van der Waals surface area contributed by atoms with Gasteiger partial charge in [0.25, 0.3) is 0 Å². The van der Waals surface area contributed by atoms with Gasteiger partial charge in [-0.3, -0.25) is 5.41 Å². The van der Waals surface area contributed by atoms with Crippen LogP contribution in [0.2, 0.25) is 0 Å². The SMILES string of the molecule is Cc1csc(CN(C)c2cccc(C(=N)N)c2)n1. The van der Waals surface area contributed by atoms with Crippen molar-refractivity contribution in [2.24, 2.45) is 5.73 Å². The molecule has 0 saturated carbocycles. The number of aryl methyl sites for hydroxylation is 1. The molecule has 2 aromatic rings. The second-order valence-electron chi connectivity index (χ2n) is 4.20. The number of nitrogens with two attached hydrogens (primary N) is 1. The van der Waals surface area contributed by atoms with Gasteiger partial charge in [0, 0.05) is 29.4 Å². The Kier molecular flexibility index (Phi) is 3.62. The number of amidine groups is 1. The van der Waals surface area contributed by atoms with Crippen molar-refractivity contribution < 1.29 is 0 Å². The fourth-order valence-corrected chi connectivity index (χ4v) is 2.50. The van der Waals surface area contributed by atoms with Crippen molar-refractivity contribution in [1.82, 2.24) is 4.98 Å². The topological polar surface area (TPSA) is 66.0 Å². The minimum absolute atomic E-state index is 0.0929. The van der Waals surface area contributed by atoms with Gasteiger partial charge in [-0.1, -0.05) is 12.1 Å². The van der Waals surface area contributed by atoms with Gasteiger partial charge in [-0.15, -0.1) is 11.3 Å². The number of hydrogen-bond donors (Lipinski definition) is 2. The third-order valence-corrected chi connectivity index (χ3v) is 3.59. The molecule has 0 saturated heterocycles. The van der Waals surface area contributed by atoms with Gasteiger partial charge in [-0.2, -0.15) is 0 Å². The normalized spacial score (nSPS) is 10.3. The number of nitrogens with one attached hydrogen (secondary N) is 1. The van der Waals surface area contributed by atoms with E-state index in [1.165, 1.54) is 0 Å². The molecule has 0 radical (unpaired) electrons. The lowest BCUT2D eigenvalue weighted by molar-refractivity contribution is 0.905. The van der Waals surface area contributed by atoms with Crippen LogP contribution in [0.15, 0.2) is 29.6 Å². The van der Waals surface area contributed by atoms with Crippen LogP contribution >= 0.6 is 11.3 Å². The molecule has 1 aromatic carbocycles. The molecule has 0 atom stereocenters. The predicted molar refractivity (Wildman–Crippen MR) is 76.4 cm³/mol. The molecule has 1 heterocycles. The van der Waals surface area contributed by atoms with E-state index in [1.807, 2.05) is 38.2 Å². The number of thiazole rings is 1. The molecule has 0 aliphatic heterocycles. The summed E-state index contributed by atoms with van der Waals surface area (Å²) in [7, 11) is 2.01. The zero-order chi connectivity index (χ0) is 13.1. The van der Waals surface area contributed by atoms with Gasteiger partial charge in [0.15, 0.2) is 0 Å². The Labute approximate surface area is 111 Å². The van der Waals surface area contributed by atoms with Crippen molar-refractivity contribution in [1.29, 1.82) is 5.41 Å². The van der Waals surface area contributed by atoms with Crippen molar-refractivity contribution in [2.45, 2.75) is 13.5 Å². The lowest BCUT2D eigenvalue weighted by Gasteiger charge is -2.18. The molecule has 18 heavy (non-hydrogen) atoms. The summed E-state index contributed by atoms with van der Waals surface area (Å²) in [4.78, 5) is 6.55. The summed E-state index contributed by atoms with van der Waals surface area (Å²) in [6.07, 6.45) is 0. The smallest absolute Gasteiger partial charge is 0.122 e. The van der Waals surface area contributed by atoms with Crippen molar-refractivity contribution in [3.63, 3.8) is 0 Å². The fraction of sp³-hybridized carbons (Fsp3) is 0.231. The minimum atomic E-state index is 0.0929. The highest BCUT2D eigenvalue weighted by atomic mass is 32.1. The number of rotatable bonds is 4. The van der Waals surface area contributed by atoms with Crippen molar-refractivity contribution in [3.05, 3.63) is 45.9 Å². The molecule has 3 N–H and O–H groups in total. The zero-order valence-corrected chi connectivity index (χ0v) is 11.3. The van der Waals surface area contributed by atoms with Gasteiger partial charge in [0.05, 0.1) is 6.54 Å². The predicted octanol–water partition coefficient (Wildman–Crippen LogP) is 2.37. The van der Waals surface area contributed by atoms with Crippen molar-refractivity contribution in [2.75, 3.05) is 11.9 Å². The molecule has 0 aliphatic carbocycles. The summed E-state index contributed by atoms with van der Waals surface area (Å²) in [5, 5.41) is 10.6. The second-order valence-corrected chi connectivity index (χ2v) is 5.15. The molecule has 0 amide bonds. The Morgan fingerprint density at radius 1 is 1.50 bits per heavy atom. The average molecular weight is 260 g/mol. The number of benzene rings is 1. The Bertz CT molecular complexity index is 562. The maximum absolute atomic E-state index is 7.45. The summed E-state index contributed by atoms with van der Waals surface area (Å²) in [5.74, 6) is 0.0929. The molecule has 0 spiro atoms. The maximum Gasteiger partial charge on any atom is 0.122 e. The van der Waals surface area contributed by atoms with Crippen molar-refractivity contribution >= 4 is 22.9 Å². The molecular weight excluding hydrogens is 244 g/mol. The van der Waals surface area contributed by atoms with Gasteiger partial charge in [-0.25, -0.2) is 4.98 Å². The standard InChI is InChI=1S/C13H16N4S/c1-9-8-18-12(16-9)7-17(2)11-5-3-4-10(6-11)13(14)15/h3-6,8H,7H2,1-2H3,(H3,14,15). The third kappa shape index (κ3) is 2.87. The maximum atomic E-state index is 7.45. The van der Waals surface area contributed by atoms with Crippen molar-refractivity contribution in [3.8, 4) is 0 Å². The summed E-state index contributed by atoms with van der Waals surface area (Å²) >= 11 is 1.66. The largest absolute Gasteiger partial charge is 0.384 e. The first-order chi connectivity index (χ1) is 8.56. The zero-order valence-electron chi connectivity index (χ0n) is 10.5. The van der Waals surface area contributed by atoms with Gasteiger partial charge in [0.1, 0.15) is 10.8 Å². The van der Waals surface area contributed by atoms with E-state index in [4.69, 9.17) is 11.1 Å². The highest BCUT2D eigenvalue weighted by Crippen LogP contribution is 2.18. The van der Waals surface area contributed by atoms with Gasteiger partial charge in [0.2, 0.25) is 0 Å². The van der Waals surface area contributed by atoms with Crippen LogP contribution in [0.1, 0.15) is 16.3 Å². The van der Waals surface area contributed by atoms with Crippen LogP contribution in [0, 0.1) is 12.3 Å². The highest BCUT2D eigenvalue weighted by molar-refractivity contribution is 7.09. The van der Waals surface area contributed by atoms with E-state index in [-0.39, 0.29) is 5.84 Å². The molecule has 0 bridgehead atoms. The summed E-state index contributed by atoms with van der Waals surface area (Å²) < 4.78 is 0. The molecule has 2 rings (SSSR count). The number of aromatic nitrogens is 1. The van der Waals surface area contributed by atoms with Crippen LogP contribution in [-0.4, -0.2) is 17.9 Å². The first-order valence-corrected chi connectivity index (χ1v) is 6.51. The Morgan fingerprint density at radius 2 is 2.28 bits per heavy atom. The van der Waals surface area contributed by atoms with Crippen LogP contribution in [0.3, 0.4) is 0 Å². The van der Waals surface area contributed by atoms with Gasteiger partial charge < -0.3 is 10.6 Å². The van der Waals surface area contributed by atoms with Crippen LogP contribution in [-0.2, 0) is 6.54 Å². The van der Waals surface area contributed by atoms with Crippen LogP contribution < -0.4 is 10.6 Å². The van der Waals surface area contributed by atoms with E-state index >= 15 is 0 Å². The first-order valence-electron chi connectivity index (χ1n) is 5.63. The molecule has 0 aliphatic rings. The first kappa shape index (κ1) is 12.6. The lowest BCUT2D eigenvalue weighted by Crippen LogP contribution is -2.17. The second kappa shape index (κ2) is 5.18. The number of nitrogen functional groups attached to an aromatic ring is 1. The van der Waals surface area contributed by atoms with Gasteiger partial charge in [-0.05, 0) is 19.1 Å². The monoisotopic (exact) mass is 260 g/mol. The lowest BCUT2D eigenvalue weighted by atomic mass is 10.2. The fourth-order valence-electron chi connectivity index (χ4n) is 1.68. The molecule has 94 valence electrons. The summed E-state index contributed by atoms with van der Waals surface area (Å²) in [5.41, 5.74) is 8.33. The number of nitrogens with zero attached hydrogens (tertiary/aromatic N) is 2. The van der Waals surface area contributed by atoms with E-state index in [1.54, 1.807) is 11.3 Å².